The average Bonchev–Trinajstić information content (AvgIpc) is 3.24. The van der Waals surface area contributed by atoms with Gasteiger partial charge in [-0.3, -0.25) is 4.40 Å². The molecule has 4 heterocycles. The zero-order valence-corrected chi connectivity index (χ0v) is 17.9. The summed E-state index contributed by atoms with van der Waals surface area (Å²) < 4.78 is 18.9. The molecule has 8 heteroatoms. The van der Waals surface area contributed by atoms with Crippen LogP contribution in [0, 0.1) is 0 Å². The van der Waals surface area contributed by atoms with E-state index in [1.807, 2.05) is 59.3 Å². The summed E-state index contributed by atoms with van der Waals surface area (Å²) in [6, 6.07) is 13.7. The number of fused-ring (bicyclic) bond motifs is 2. The number of pyridine rings is 2. The minimum atomic E-state index is -0.540. The van der Waals surface area contributed by atoms with Gasteiger partial charge in [0, 0.05) is 31.3 Å². The third-order valence-corrected chi connectivity index (χ3v) is 5.65. The highest BCUT2D eigenvalue weighted by Crippen LogP contribution is 2.30. The predicted molar refractivity (Wildman–Crippen MR) is 121 cm³/mol. The van der Waals surface area contributed by atoms with E-state index >= 15 is 0 Å². The number of imidazole rings is 1. The Morgan fingerprint density at radius 3 is 3.00 bits per heavy atom. The number of β-amino-alcohol motifs (C(OH)–C–C–N with tert-alkyl or cyclic N) is 1. The molecule has 1 aliphatic rings. The molecule has 1 fully saturated rings. The van der Waals surface area contributed by atoms with E-state index in [0.717, 1.165) is 46.7 Å². The number of hydrogen-bond acceptors (Lipinski definition) is 7. The van der Waals surface area contributed by atoms with Gasteiger partial charge in [0.1, 0.15) is 41.5 Å². The average molecular weight is 434 g/mol. The van der Waals surface area contributed by atoms with E-state index in [0.29, 0.717) is 25.5 Å². The van der Waals surface area contributed by atoms with Crippen LogP contribution in [0.2, 0.25) is 0 Å². The molecule has 0 bridgehead atoms. The summed E-state index contributed by atoms with van der Waals surface area (Å²) >= 11 is 0. The molecule has 0 aliphatic carbocycles. The summed E-state index contributed by atoms with van der Waals surface area (Å²) in [5, 5.41) is 14.4. The van der Waals surface area contributed by atoms with Crippen LogP contribution in [-0.2, 0) is 4.74 Å². The highest BCUT2D eigenvalue weighted by atomic mass is 16.5. The molecule has 4 aromatic rings. The van der Waals surface area contributed by atoms with E-state index in [2.05, 4.69) is 10.3 Å². The molecule has 2 N–H and O–H groups in total. The second-order valence-corrected chi connectivity index (χ2v) is 7.82. The Labute approximate surface area is 185 Å². The second-order valence-electron chi connectivity index (χ2n) is 7.82. The van der Waals surface area contributed by atoms with Gasteiger partial charge in [-0.05, 0) is 31.2 Å². The zero-order chi connectivity index (χ0) is 21.9. The van der Waals surface area contributed by atoms with E-state index in [9.17, 15) is 5.11 Å². The van der Waals surface area contributed by atoms with Crippen molar-refractivity contribution in [2.75, 3.05) is 33.4 Å². The zero-order valence-electron chi connectivity index (χ0n) is 17.9. The van der Waals surface area contributed by atoms with Gasteiger partial charge in [0.15, 0.2) is 0 Å². The van der Waals surface area contributed by atoms with E-state index in [1.54, 1.807) is 7.11 Å². The fraction of sp³-hybridized carbons (Fsp3) is 0.333. The first-order chi connectivity index (χ1) is 15.7. The van der Waals surface area contributed by atoms with Crippen LogP contribution in [0.4, 0.5) is 0 Å². The van der Waals surface area contributed by atoms with Crippen LogP contribution < -0.4 is 14.8 Å². The number of ether oxygens (including phenoxy) is 3. The molecule has 8 nitrogen and oxygen atoms in total. The van der Waals surface area contributed by atoms with Gasteiger partial charge in [-0.2, -0.15) is 0 Å². The van der Waals surface area contributed by atoms with Crippen LogP contribution in [-0.4, -0.2) is 65.1 Å². The SMILES string of the molecule is COCCOc1ccn2c(-c3ccc4cccc(OC5CCNC[C@H]5O)c4n3)cnc2c1. The smallest absolute Gasteiger partial charge is 0.146 e. The van der Waals surface area contributed by atoms with Crippen LogP contribution >= 0.6 is 0 Å². The van der Waals surface area contributed by atoms with E-state index < -0.39 is 6.10 Å². The fourth-order valence-corrected chi connectivity index (χ4v) is 3.96. The first kappa shape index (κ1) is 20.7. The molecular weight excluding hydrogens is 408 g/mol. The molecule has 3 aromatic heterocycles. The first-order valence-corrected chi connectivity index (χ1v) is 10.8. The lowest BCUT2D eigenvalue weighted by Gasteiger charge is -2.29. The number of hydrogen-bond donors (Lipinski definition) is 2. The molecule has 166 valence electrons. The van der Waals surface area contributed by atoms with Crippen molar-refractivity contribution in [3.05, 3.63) is 54.9 Å². The van der Waals surface area contributed by atoms with Crippen molar-refractivity contribution in [3.63, 3.8) is 0 Å². The number of benzene rings is 1. The number of nitrogens with zero attached hydrogens (tertiary/aromatic N) is 3. The summed E-state index contributed by atoms with van der Waals surface area (Å²) in [7, 11) is 1.65. The van der Waals surface area contributed by atoms with Crippen LogP contribution in [0.3, 0.4) is 0 Å². The van der Waals surface area contributed by atoms with E-state index in [1.165, 1.54) is 0 Å². The Balaban J connectivity index is 1.47. The van der Waals surface area contributed by atoms with Gasteiger partial charge >= 0.3 is 0 Å². The number of piperidine rings is 1. The van der Waals surface area contributed by atoms with Gasteiger partial charge < -0.3 is 24.6 Å². The number of aromatic nitrogens is 3. The van der Waals surface area contributed by atoms with Crippen LogP contribution in [0.1, 0.15) is 6.42 Å². The fourth-order valence-electron chi connectivity index (χ4n) is 3.96. The van der Waals surface area contributed by atoms with Crippen molar-refractivity contribution in [1.82, 2.24) is 19.7 Å². The van der Waals surface area contributed by atoms with Gasteiger partial charge in [-0.15, -0.1) is 0 Å². The Morgan fingerprint density at radius 2 is 2.12 bits per heavy atom. The minimum absolute atomic E-state index is 0.250. The Morgan fingerprint density at radius 1 is 1.19 bits per heavy atom. The lowest BCUT2D eigenvalue weighted by atomic mass is 10.1. The van der Waals surface area contributed by atoms with Gasteiger partial charge in [0.25, 0.3) is 0 Å². The summed E-state index contributed by atoms with van der Waals surface area (Å²) in [4.78, 5) is 9.44. The third kappa shape index (κ3) is 4.12. The molecule has 0 amide bonds. The summed E-state index contributed by atoms with van der Waals surface area (Å²) in [5.41, 5.74) is 3.21. The largest absolute Gasteiger partial charge is 0.491 e. The number of aliphatic hydroxyl groups is 1. The topological polar surface area (TPSA) is 90.1 Å². The molecule has 32 heavy (non-hydrogen) atoms. The molecule has 0 saturated carbocycles. The van der Waals surface area contributed by atoms with Gasteiger partial charge in [0.05, 0.1) is 24.2 Å². The summed E-state index contributed by atoms with van der Waals surface area (Å²) in [5.74, 6) is 1.42. The quantitative estimate of drug-likeness (QED) is 0.432. The number of rotatable bonds is 7. The standard InChI is InChI=1S/C24H26N4O4/c1-30-11-12-31-17-8-10-28-19(14-26-23(28)13-17)18-6-5-16-3-2-4-22(24(16)27-18)32-21-7-9-25-15-20(21)29/h2-6,8,10,13-14,20-21,25,29H,7,9,11-12,15H2,1H3/t20-,21?/m1/s1. The van der Waals surface area contributed by atoms with Crippen molar-refractivity contribution >= 4 is 16.6 Å². The summed E-state index contributed by atoms with van der Waals surface area (Å²) in [6.07, 6.45) is 3.70. The number of methoxy groups -OCH3 is 1. The number of nitrogens with one attached hydrogen (secondary N) is 1. The van der Waals surface area contributed by atoms with E-state index in [4.69, 9.17) is 19.2 Å². The molecule has 1 saturated heterocycles. The van der Waals surface area contributed by atoms with Crippen molar-refractivity contribution in [1.29, 1.82) is 0 Å². The maximum absolute atomic E-state index is 10.3. The van der Waals surface area contributed by atoms with Gasteiger partial charge in [-0.25, -0.2) is 9.97 Å². The van der Waals surface area contributed by atoms with Crippen LogP contribution in [0.5, 0.6) is 11.5 Å². The lowest BCUT2D eigenvalue weighted by Crippen LogP contribution is -2.46. The third-order valence-electron chi connectivity index (χ3n) is 5.65. The summed E-state index contributed by atoms with van der Waals surface area (Å²) in [6.45, 7) is 2.38. The van der Waals surface area contributed by atoms with Crippen molar-refractivity contribution in [3.8, 4) is 22.9 Å². The highest BCUT2D eigenvalue weighted by molar-refractivity contribution is 5.86. The molecule has 1 aliphatic heterocycles. The van der Waals surface area contributed by atoms with Gasteiger partial charge in [-0.1, -0.05) is 18.2 Å². The van der Waals surface area contributed by atoms with Crippen LogP contribution in [0.15, 0.2) is 54.9 Å². The van der Waals surface area contributed by atoms with Crippen molar-refractivity contribution in [2.24, 2.45) is 0 Å². The molecule has 5 rings (SSSR count). The minimum Gasteiger partial charge on any atom is -0.491 e. The molecule has 0 spiro atoms. The maximum atomic E-state index is 10.3. The molecule has 0 radical (unpaired) electrons. The van der Waals surface area contributed by atoms with Crippen LogP contribution in [0.25, 0.3) is 27.9 Å². The Kier molecular flexibility index (Phi) is 5.89. The van der Waals surface area contributed by atoms with E-state index in [-0.39, 0.29) is 6.10 Å². The predicted octanol–water partition coefficient (Wildman–Crippen LogP) is 2.68. The molecule has 1 aromatic carbocycles. The Hall–Kier alpha value is -3.20. The second kappa shape index (κ2) is 9.12. The molecule has 2 atom stereocenters. The Bertz CT molecular complexity index is 1230. The highest BCUT2D eigenvalue weighted by Gasteiger charge is 2.25. The normalized spacial score (nSPS) is 18.8. The first-order valence-electron chi connectivity index (χ1n) is 10.8. The van der Waals surface area contributed by atoms with Crippen molar-refractivity contribution in [2.45, 2.75) is 18.6 Å². The number of para-hydroxylation sites is 1. The maximum Gasteiger partial charge on any atom is 0.146 e. The monoisotopic (exact) mass is 434 g/mol. The molecular formula is C24H26N4O4. The van der Waals surface area contributed by atoms with Crippen molar-refractivity contribution < 1.29 is 19.3 Å². The molecule has 1 unspecified atom stereocenters. The lowest BCUT2D eigenvalue weighted by molar-refractivity contribution is 0.0170. The van der Waals surface area contributed by atoms with Gasteiger partial charge in [0.2, 0.25) is 0 Å². The number of aliphatic hydroxyl groups excluding tert-OH is 1.